The van der Waals surface area contributed by atoms with Crippen molar-refractivity contribution < 1.29 is 20.1 Å². The predicted molar refractivity (Wildman–Crippen MR) is 49.7 cm³/mol. The first-order valence-electron chi connectivity index (χ1n) is 5.17. The van der Waals surface area contributed by atoms with E-state index in [0.717, 1.165) is 19.3 Å². The number of hydrogen-bond acceptors (Lipinski definition) is 4. The number of aliphatic hydroxyl groups is 3. The minimum atomic E-state index is -0.632. The van der Waals surface area contributed by atoms with Crippen LogP contribution < -0.4 is 0 Å². The van der Waals surface area contributed by atoms with Crippen LogP contribution in [0.3, 0.4) is 0 Å². The molecule has 1 saturated carbocycles. The molecule has 82 valence electrons. The van der Waals surface area contributed by atoms with E-state index in [9.17, 15) is 15.3 Å². The van der Waals surface area contributed by atoms with Gasteiger partial charge in [0.05, 0.1) is 32.5 Å². The molecule has 0 unspecified atom stereocenters. The molecule has 0 aromatic rings. The highest BCUT2D eigenvalue weighted by Crippen LogP contribution is 2.49. The Morgan fingerprint density at radius 3 is 2.00 bits per heavy atom. The van der Waals surface area contributed by atoms with Crippen molar-refractivity contribution in [2.75, 3.05) is 26.4 Å². The third-order valence-corrected chi connectivity index (χ3v) is 3.92. The summed E-state index contributed by atoms with van der Waals surface area (Å²) in [4.78, 5) is 0. The van der Waals surface area contributed by atoms with Gasteiger partial charge < -0.3 is 20.1 Å². The molecule has 1 aliphatic carbocycles. The Labute approximate surface area is 83.5 Å². The van der Waals surface area contributed by atoms with Crippen LogP contribution >= 0.6 is 0 Å². The summed E-state index contributed by atoms with van der Waals surface area (Å²) in [5.41, 5.74) is -1.06. The summed E-state index contributed by atoms with van der Waals surface area (Å²) in [6, 6.07) is 0. The third kappa shape index (κ3) is 1.21. The number of hydrogen-bond donors (Lipinski definition) is 3. The van der Waals surface area contributed by atoms with Gasteiger partial charge in [0.1, 0.15) is 0 Å². The van der Waals surface area contributed by atoms with Crippen LogP contribution in [0.4, 0.5) is 0 Å². The smallest absolute Gasteiger partial charge is 0.0740 e. The second-order valence-electron chi connectivity index (χ2n) is 4.79. The van der Waals surface area contributed by atoms with Crippen LogP contribution in [-0.4, -0.2) is 47.9 Å². The maximum Gasteiger partial charge on any atom is 0.0740 e. The van der Waals surface area contributed by atoms with Crippen molar-refractivity contribution in [3.05, 3.63) is 0 Å². The highest BCUT2D eigenvalue weighted by atomic mass is 16.5. The molecule has 0 aromatic carbocycles. The lowest BCUT2D eigenvalue weighted by molar-refractivity contribution is -0.230. The van der Waals surface area contributed by atoms with Gasteiger partial charge in [-0.25, -0.2) is 0 Å². The van der Waals surface area contributed by atoms with Crippen molar-refractivity contribution in [1.82, 2.24) is 0 Å². The van der Waals surface area contributed by atoms with E-state index < -0.39 is 16.9 Å². The molecule has 0 spiro atoms. The van der Waals surface area contributed by atoms with Crippen molar-refractivity contribution in [1.29, 1.82) is 0 Å². The molecule has 2 bridgehead atoms. The van der Waals surface area contributed by atoms with Gasteiger partial charge in [0.2, 0.25) is 0 Å². The van der Waals surface area contributed by atoms with Crippen LogP contribution in [0.15, 0.2) is 0 Å². The van der Waals surface area contributed by atoms with E-state index in [1.54, 1.807) is 0 Å². The van der Waals surface area contributed by atoms with E-state index in [1.165, 1.54) is 0 Å². The lowest BCUT2D eigenvalue weighted by Crippen LogP contribution is -2.62. The maximum atomic E-state index is 10.2. The Balaban J connectivity index is 2.28. The molecule has 4 heteroatoms. The Kier molecular flexibility index (Phi) is 2.55. The molecule has 4 nitrogen and oxygen atoms in total. The molecular weight excluding hydrogens is 184 g/mol. The Hall–Kier alpha value is -0.160. The van der Waals surface area contributed by atoms with Gasteiger partial charge in [0.15, 0.2) is 0 Å². The third-order valence-electron chi connectivity index (χ3n) is 3.92. The molecule has 0 amide bonds. The highest BCUT2D eigenvalue weighted by molar-refractivity contribution is 5.04. The molecule has 1 heterocycles. The maximum absolute atomic E-state index is 10.2. The first kappa shape index (κ1) is 10.4. The van der Waals surface area contributed by atoms with Gasteiger partial charge in [-0.1, -0.05) is 6.42 Å². The largest absolute Gasteiger partial charge is 0.396 e. The van der Waals surface area contributed by atoms with Gasteiger partial charge in [-0.15, -0.1) is 0 Å². The van der Waals surface area contributed by atoms with Crippen molar-refractivity contribution in [3.63, 3.8) is 0 Å². The fourth-order valence-electron chi connectivity index (χ4n) is 2.90. The highest BCUT2D eigenvalue weighted by Gasteiger charge is 2.56. The van der Waals surface area contributed by atoms with Crippen LogP contribution in [0.1, 0.15) is 19.3 Å². The number of aliphatic hydroxyl groups excluding tert-OH is 3. The number of rotatable bonds is 2. The Morgan fingerprint density at radius 1 is 1.07 bits per heavy atom. The summed E-state index contributed by atoms with van der Waals surface area (Å²) in [5.74, 6) is 0. The van der Waals surface area contributed by atoms with E-state index in [1.807, 2.05) is 0 Å². The number of ether oxygens (including phenoxy) is 1. The molecule has 0 aromatic heterocycles. The molecule has 2 fully saturated rings. The molecule has 1 aliphatic heterocycles. The zero-order valence-corrected chi connectivity index (χ0v) is 8.28. The van der Waals surface area contributed by atoms with Gasteiger partial charge in [-0.05, 0) is 12.8 Å². The fraction of sp³-hybridized carbons (Fsp3) is 1.00. The van der Waals surface area contributed by atoms with Crippen LogP contribution in [-0.2, 0) is 4.74 Å². The van der Waals surface area contributed by atoms with Crippen molar-refractivity contribution in [2.45, 2.75) is 25.4 Å². The first-order chi connectivity index (χ1) is 6.69. The van der Waals surface area contributed by atoms with Crippen LogP contribution in [0.25, 0.3) is 0 Å². The van der Waals surface area contributed by atoms with E-state index in [0.29, 0.717) is 13.2 Å². The van der Waals surface area contributed by atoms with Gasteiger partial charge in [0, 0.05) is 10.8 Å². The average Bonchev–Trinajstić information content (AvgIpc) is 2.19. The standard InChI is InChI=1S/C10H18O4/c11-4-9-2-1-3-10(5-12,8(9)13)7-14-6-9/h8,11-13H,1-7H2/t9-,10-/m1/s1. The summed E-state index contributed by atoms with van der Waals surface area (Å²) in [7, 11) is 0. The van der Waals surface area contributed by atoms with Gasteiger partial charge in [-0.2, -0.15) is 0 Å². The summed E-state index contributed by atoms with van der Waals surface area (Å²) in [6.07, 6.45) is 1.88. The lowest BCUT2D eigenvalue weighted by atomic mass is 9.59. The van der Waals surface area contributed by atoms with E-state index >= 15 is 0 Å². The molecule has 0 radical (unpaired) electrons. The van der Waals surface area contributed by atoms with Crippen molar-refractivity contribution in [3.8, 4) is 0 Å². The summed E-state index contributed by atoms with van der Waals surface area (Å²) < 4.78 is 5.42. The summed E-state index contributed by atoms with van der Waals surface area (Å²) in [6.45, 7) is 0.699. The first-order valence-corrected chi connectivity index (χ1v) is 5.17. The quantitative estimate of drug-likeness (QED) is 0.565. The average molecular weight is 202 g/mol. The summed E-state index contributed by atoms with van der Waals surface area (Å²) in [5, 5.41) is 28.9. The molecule has 1 saturated heterocycles. The minimum Gasteiger partial charge on any atom is -0.396 e. The molecule has 2 rings (SSSR count). The second-order valence-corrected chi connectivity index (χ2v) is 4.79. The summed E-state index contributed by atoms with van der Waals surface area (Å²) >= 11 is 0. The molecule has 14 heavy (non-hydrogen) atoms. The molecule has 3 N–H and O–H groups in total. The van der Waals surface area contributed by atoms with Crippen LogP contribution in [0, 0.1) is 10.8 Å². The van der Waals surface area contributed by atoms with E-state index in [2.05, 4.69) is 0 Å². The Bertz CT molecular complexity index is 186. The van der Waals surface area contributed by atoms with E-state index in [4.69, 9.17) is 4.74 Å². The van der Waals surface area contributed by atoms with E-state index in [-0.39, 0.29) is 13.2 Å². The molecule has 2 aliphatic rings. The monoisotopic (exact) mass is 202 g/mol. The zero-order valence-electron chi connectivity index (χ0n) is 8.28. The van der Waals surface area contributed by atoms with Crippen molar-refractivity contribution in [2.24, 2.45) is 10.8 Å². The Morgan fingerprint density at radius 2 is 1.57 bits per heavy atom. The minimum absolute atomic E-state index is 0.0596. The normalized spacial score (nSPS) is 47.8. The second kappa shape index (κ2) is 3.45. The fourth-order valence-corrected chi connectivity index (χ4v) is 2.90. The SMILES string of the molecule is OC[C@]12CCC[C@@](CO)(COC1)C2O. The lowest BCUT2D eigenvalue weighted by Gasteiger charge is -2.54. The van der Waals surface area contributed by atoms with Crippen LogP contribution in [0.2, 0.25) is 0 Å². The van der Waals surface area contributed by atoms with Crippen molar-refractivity contribution >= 4 is 0 Å². The van der Waals surface area contributed by atoms with Crippen LogP contribution in [0.5, 0.6) is 0 Å². The molecule has 2 atom stereocenters. The predicted octanol–water partition coefficient (Wildman–Crippen LogP) is -0.481. The molecular formula is C10H18O4. The van der Waals surface area contributed by atoms with Gasteiger partial charge in [0.25, 0.3) is 0 Å². The van der Waals surface area contributed by atoms with Gasteiger partial charge in [-0.3, -0.25) is 0 Å². The zero-order chi connectivity index (χ0) is 10.2. The van der Waals surface area contributed by atoms with Gasteiger partial charge >= 0.3 is 0 Å². The number of fused-ring (bicyclic) bond motifs is 2. The topological polar surface area (TPSA) is 69.9 Å².